The Balaban J connectivity index is 1.71. The van der Waals surface area contributed by atoms with Crippen LogP contribution in [0.2, 0.25) is 0 Å². The van der Waals surface area contributed by atoms with E-state index in [-0.39, 0.29) is 11.7 Å². The van der Waals surface area contributed by atoms with Gasteiger partial charge in [-0.1, -0.05) is 0 Å². The normalized spacial score (nSPS) is 22.9. The Bertz CT molecular complexity index is 550. The number of hydrogen-bond donors (Lipinski definition) is 1. The van der Waals surface area contributed by atoms with E-state index in [1.807, 2.05) is 6.92 Å². The molecule has 3 heterocycles. The van der Waals surface area contributed by atoms with Gasteiger partial charge in [0, 0.05) is 26.1 Å². The van der Waals surface area contributed by atoms with E-state index in [4.69, 9.17) is 4.74 Å². The van der Waals surface area contributed by atoms with Crippen LogP contribution in [0.1, 0.15) is 29.9 Å². The summed E-state index contributed by atoms with van der Waals surface area (Å²) in [5.74, 6) is 0.706. The molecule has 0 aliphatic carbocycles. The lowest BCUT2D eigenvalue weighted by molar-refractivity contribution is 0.0732. The van der Waals surface area contributed by atoms with E-state index in [2.05, 4.69) is 20.9 Å². The van der Waals surface area contributed by atoms with Crippen LogP contribution in [0.15, 0.2) is 17.1 Å². The van der Waals surface area contributed by atoms with Crippen LogP contribution in [0.5, 0.6) is 0 Å². The number of aromatic nitrogens is 2. The molecule has 0 saturated carbocycles. The highest BCUT2D eigenvalue weighted by molar-refractivity contribution is 5.20. The zero-order valence-electron chi connectivity index (χ0n) is 11.2. The van der Waals surface area contributed by atoms with E-state index < -0.39 is 0 Å². The lowest BCUT2D eigenvalue weighted by Crippen LogP contribution is -2.40. The van der Waals surface area contributed by atoms with Gasteiger partial charge >= 0.3 is 0 Å². The largest absolute Gasteiger partial charge is 0.497 e. The number of ether oxygens (including phenoxy) is 1. The van der Waals surface area contributed by atoms with Crippen LogP contribution in [0, 0.1) is 6.92 Å². The van der Waals surface area contributed by atoms with Crippen LogP contribution < -0.4 is 5.56 Å². The maximum Gasteiger partial charge on any atom is 0.255 e. The number of H-pyrrole nitrogens is 1. The first-order valence-corrected chi connectivity index (χ1v) is 6.84. The molecule has 19 heavy (non-hydrogen) atoms. The first-order chi connectivity index (χ1) is 9.22. The standard InChI is InChI=1S/C14H19N3O2/c1-10-15-13-5-6-17(9-12(13)14(18)16-10)8-11-4-2-3-7-19-11/h3,7,11H,2,4-6,8-9H2,1H3,(H,15,16,18)/t11-/m1/s1. The number of rotatable bonds is 2. The molecule has 0 saturated heterocycles. The van der Waals surface area contributed by atoms with Gasteiger partial charge in [-0.25, -0.2) is 4.98 Å². The first kappa shape index (κ1) is 12.4. The molecule has 102 valence electrons. The fourth-order valence-corrected chi connectivity index (χ4v) is 2.77. The Kier molecular flexibility index (Phi) is 3.38. The van der Waals surface area contributed by atoms with Crippen LogP contribution in [0.4, 0.5) is 0 Å². The van der Waals surface area contributed by atoms with Gasteiger partial charge in [-0.2, -0.15) is 0 Å². The minimum absolute atomic E-state index is 0.0108. The van der Waals surface area contributed by atoms with Crippen LogP contribution in [-0.2, 0) is 17.7 Å². The molecule has 0 unspecified atom stereocenters. The summed E-state index contributed by atoms with van der Waals surface area (Å²) in [5.41, 5.74) is 1.79. The third-order valence-corrected chi connectivity index (χ3v) is 3.75. The van der Waals surface area contributed by atoms with Gasteiger partial charge in [0.05, 0.1) is 17.5 Å². The number of allylic oxidation sites excluding steroid dienone is 1. The van der Waals surface area contributed by atoms with E-state index in [9.17, 15) is 4.79 Å². The second-order valence-corrected chi connectivity index (χ2v) is 5.27. The van der Waals surface area contributed by atoms with E-state index in [0.29, 0.717) is 12.4 Å². The summed E-state index contributed by atoms with van der Waals surface area (Å²) in [6, 6.07) is 0. The topological polar surface area (TPSA) is 58.2 Å². The molecule has 0 fully saturated rings. The number of nitrogens with zero attached hydrogens (tertiary/aromatic N) is 2. The molecule has 0 spiro atoms. The summed E-state index contributed by atoms with van der Waals surface area (Å²) < 4.78 is 5.59. The van der Waals surface area contributed by atoms with E-state index >= 15 is 0 Å². The van der Waals surface area contributed by atoms with Crippen molar-refractivity contribution in [1.29, 1.82) is 0 Å². The molecule has 5 nitrogen and oxygen atoms in total. The molecule has 2 aliphatic rings. The molecule has 0 aromatic carbocycles. The molecule has 0 bridgehead atoms. The maximum atomic E-state index is 12.0. The number of aryl methyl sites for hydroxylation is 1. The quantitative estimate of drug-likeness (QED) is 0.867. The van der Waals surface area contributed by atoms with Crippen LogP contribution in [-0.4, -0.2) is 34.1 Å². The molecule has 1 atom stereocenters. The van der Waals surface area contributed by atoms with E-state index in [1.165, 1.54) is 0 Å². The monoisotopic (exact) mass is 261 g/mol. The molecular formula is C14H19N3O2. The molecule has 0 radical (unpaired) electrons. The summed E-state index contributed by atoms with van der Waals surface area (Å²) in [5, 5.41) is 0. The lowest BCUT2D eigenvalue weighted by atomic mass is 10.1. The van der Waals surface area contributed by atoms with Gasteiger partial charge < -0.3 is 9.72 Å². The third kappa shape index (κ3) is 2.71. The van der Waals surface area contributed by atoms with Crippen LogP contribution >= 0.6 is 0 Å². The molecule has 1 N–H and O–H groups in total. The van der Waals surface area contributed by atoms with Gasteiger partial charge in [-0.05, 0) is 25.8 Å². The number of nitrogens with one attached hydrogen (secondary N) is 1. The smallest absolute Gasteiger partial charge is 0.255 e. The van der Waals surface area contributed by atoms with Crippen molar-refractivity contribution in [2.24, 2.45) is 0 Å². The van der Waals surface area contributed by atoms with Crippen molar-refractivity contribution in [3.8, 4) is 0 Å². The highest BCUT2D eigenvalue weighted by Gasteiger charge is 2.23. The summed E-state index contributed by atoms with van der Waals surface area (Å²) >= 11 is 0. The number of fused-ring (bicyclic) bond motifs is 1. The third-order valence-electron chi connectivity index (χ3n) is 3.75. The van der Waals surface area contributed by atoms with Crippen molar-refractivity contribution in [3.05, 3.63) is 39.8 Å². The zero-order valence-corrected chi connectivity index (χ0v) is 11.2. The Morgan fingerprint density at radius 2 is 2.47 bits per heavy atom. The van der Waals surface area contributed by atoms with Crippen molar-refractivity contribution in [1.82, 2.24) is 14.9 Å². The maximum absolute atomic E-state index is 12.0. The Morgan fingerprint density at radius 1 is 1.58 bits per heavy atom. The van der Waals surface area contributed by atoms with Crippen molar-refractivity contribution in [2.75, 3.05) is 13.1 Å². The van der Waals surface area contributed by atoms with Gasteiger partial charge in [0.1, 0.15) is 11.9 Å². The number of hydrogen-bond acceptors (Lipinski definition) is 4. The molecule has 1 aromatic heterocycles. The summed E-state index contributed by atoms with van der Waals surface area (Å²) in [4.78, 5) is 21.5. The Labute approximate surface area is 112 Å². The number of aromatic amines is 1. The SMILES string of the molecule is Cc1nc2c(c(=O)[nH]1)CN(C[C@H]1CCC=CO1)CC2. The fourth-order valence-electron chi connectivity index (χ4n) is 2.77. The summed E-state index contributed by atoms with van der Waals surface area (Å²) in [6.45, 7) is 4.35. The zero-order chi connectivity index (χ0) is 13.2. The average Bonchev–Trinajstić information content (AvgIpc) is 2.40. The van der Waals surface area contributed by atoms with Gasteiger partial charge in [0.2, 0.25) is 0 Å². The summed E-state index contributed by atoms with van der Waals surface area (Å²) in [7, 11) is 0. The van der Waals surface area contributed by atoms with Crippen LogP contribution in [0.25, 0.3) is 0 Å². The minimum atomic E-state index is 0.0108. The van der Waals surface area contributed by atoms with Crippen molar-refractivity contribution < 1.29 is 4.74 Å². The van der Waals surface area contributed by atoms with Gasteiger partial charge in [0.25, 0.3) is 5.56 Å². The molecule has 2 aliphatic heterocycles. The second-order valence-electron chi connectivity index (χ2n) is 5.27. The predicted octanol–water partition coefficient (Wildman–Crippen LogP) is 1.13. The molecule has 1 aromatic rings. The fraction of sp³-hybridized carbons (Fsp3) is 0.571. The molecular weight excluding hydrogens is 242 g/mol. The van der Waals surface area contributed by atoms with Crippen molar-refractivity contribution >= 4 is 0 Å². The first-order valence-electron chi connectivity index (χ1n) is 6.84. The molecule has 0 amide bonds. The molecule has 5 heteroatoms. The highest BCUT2D eigenvalue weighted by Crippen LogP contribution is 2.17. The predicted molar refractivity (Wildman–Crippen MR) is 71.8 cm³/mol. The summed E-state index contributed by atoms with van der Waals surface area (Å²) in [6.07, 6.45) is 7.09. The minimum Gasteiger partial charge on any atom is -0.497 e. The highest BCUT2D eigenvalue weighted by atomic mass is 16.5. The van der Waals surface area contributed by atoms with E-state index in [1.54, 1.807) is 6.26 Å². The van der Waals surface area contributed by atoms with Gasteiger partial charge in [0.15, 0.2) is 0 Å². The average molecular weight is 261 g/mol. The van der Waals surface area contributed by atoms with Gasteiger partial charge in [-0.15, -0.1) is 0 Å². The Morgan fingerprint density at radius 3 is 3.26 bits per heavy atom. The second kappa shape index (κ2) is 5.17. The van der Waals surface area contributed by atoms with Crippen LogP contribution in [0.3, 0.4) is 0 Å². The van der Waals surface area contributed by atoms with Crippen molar-refractivity contribution in [3.63, 3.8) is 0 Å². The van der Waals surface area contributed by atoms with Gasteiger partial charge in [-0.3, -0.25) is 9.69 Å². The van der Waals surface area contributed by atoms with Crippen molar-refractivity contribution in [2.45, 2.75) is 38.8 Å². The Hall–Kier alpha value is -1.62. The molecule has 3 rings (SSSR count). The lowest BCUT2D eigenvalue weighted by Gasteiger charge is -2.31. The van der Waals surface area contributed by atoms with E-state index in [0.717, 1.165) is 43.6 Å².